The Hall–Kier alpha value is -2.17. The smallest absolute Gasteiger partial charge is 0.269 e. The van der Waals surface area contributed by atoms with Crippen LogP contribution in [-0.4, -0.2) is 22.6 Å². The predicted octanol–water partition coefficient (Wildman–Crippen LogP) is 3.66. The van der Waals surface area contributed by atoms with Crippen LogP contribution in [-0.2, 0) is 0 Å². The minimum Gasteiger partial charge on any atom is -0.361 e. The Morgan fingerprint density at radius 1 is 1.26 bits per heavy atom. The summed E-state index contributed by atoms with van der Waals surface area (Å²) in [5.74, 6) is 1.22. The van der Waals surface area contributed by atoms with Gasteiger partial charge in [-0.2, -0.15) is 0 Å². The highest BCUT2D eigenvalue weighted by molar-refractivity contribution is 5.92. The molecule has 0 aliphatic heterocycles. The molecule has 5 heteroatoms. The van der Waals surface area contributed by atoms with E-state index in [-0.39, 0.29) is 5.91 Å². The number of nitrogens with zero attached hydrogens (tertiary/aromatic N) is 2. The van der Waals surface area contributed by atoms with Gasteiger partial charge in [-0.1, -0.05) is 30.5 Å². The van der Waals surface area contributed by atoms with Gasteiger partial charge in [-0.15, -0.1) is 0 Å². The standard InChI is InChI=1S/C18H23N3O2/c1-12-17(13(2)23-21-12)15-9-6-10-16(20-15)18(22)19-11-14-7-4-3-5-8-14/h6,9-10,14H,3-5,7-8,11H2,1-2H3,(H,19,22). The van der Waals surface area contributed by atoms with Crippen LogP contribution in [0.4, 0.5) is 0 Å². The van der Waals surface area contributed by atoms with Gasteiger partial charge in [-0.25, -0.2) is 4.98 Å². The zero-order valence-electron chi connectivity index (χ0n) is 13.8. The average molecular weight is 313 g/mol. The third kappa shape index (κ3) is 3.60. The van der Waals surface area contributed by atoms with Gasteiger partial charge in [0.25, 0.3) is 5.91 Å². The summed E-state index contributed by atoms with van der Waals surface area (Å²) in [4.78, 5) is 16.9. The van der Waals surface area contributed by atoms with Crippen molar-refractivity contribution < 1.29 is 9.32 Å². The van der Waals surface area contributed by atoms with Crippen LogP contribution in [0.15, 0.2) is 22.7 Å². The minimum absolute atomic E-state index is 0.107. The first-order chi connectivity index (χ1) is 11.1. The van der Waals surface area contributed by atoms with E-state index in [1.807, 2.05) is 26.0 Å². The van der Waals surface area contributed by atoms with Crippen LogP contribution in [0.2, 0.25) is 0 Å². The van der Waals surface area contributed by atoms with Crippen LogP contribution in [0.1, 0.15) is 54.0 Å². The van der Waals surface area contributed by atoms with Gasteiger partial charge in [-0.3, -0.25) is 4.79 Å². The number of aromatic nitrogens is 2. The second-order valence-electron chi connectivity index (χ2n) is 6.32. The molecule has 2 heterocycles. The highest BCUT2D eigenvalue weighted by atomic mass is 16.5. The topological polar surface area (TPSA) is 68.0 Å². The van der Waals surface area contributed by atoms with Gasteiger partial charge in [0, 0.05) is 6.54 Å². The van der Waals surface area contributed by atoms with Crippen molar-refractivity contribution in [1.29, 1.82) is 0 Å². The summed E-state index contributed by atoms with van der Waals surface area (Å²) in [6, 6.07) is 5.48. The molecule has 0 unspecified atom stereocenters. The van der Waals surface area contributed by atoms with Crippen molar-refractivity contribution in [2.75, 3.05) is 6.54 Å². The van der Waals surface area contributed by atoms with Crippen LogP contribution in [0.3, 0.4) is 0 Å². The number of amides is 1. The normalized spacial score (nSPS) is 15.6. The maximum absolute atomic E-state index is 12.4. The minimum atomic E-state index is -0.107. The van der Waals surface area contributed by atoms with E-state index in [1.54, 1.807) is 6.07 Å². The summed E-state index contributed by atoms with van der Waals surface area (Å²) >= 11 is 0. The number of hydrogen-bond acceptors (Lipinski definition) is 4. The molecule has 1 amide bonds. The van der Waals surface area contributed by atoms with Crippen molar-refractivity contribution in [2.24, 2.45) is 5.92 Å². The van der Waals surface area contributed by atoms with Gasteiger partial charge in [-0.05, 0) is 44.7 Å². The summed E-state index contributed by atoms with van der Waals surface area (Å²) in [5.41, 5.74) is 2.83. The molecule has 0 saturated heterocycles. The van der Waals surface area contributed by atoms with E-state index in [0.29, 0.717) is 11.6 Å². The first kappa shape index (κ1) is 15.7. The number of hydrogen-bond donors (Lipinski definition) is 1. The van der Waals surface area contributed by atoms with E-state index in [4.69, 9.17) is 4.52 Å². The van der Waals surface area contributed by atoms with Crippen LogP contribution in [0.5, 0.6) is 0 Å². The number of aryl methyl sites for hydroxylation is 2. The molecule has 0 spiro atoms. The summed E-state index contributed by atoms with van der Waals surface area (Å²) in [6.45, 7) is 4.48. The zero-order valence-corrected chi connectivity index (χ0v) is 13.8. The van der Waals surface area contributed by atoms with Crippen LogP contribution in [0, 0.1) is 19.8 Å². The lowest BCUT2D eigenvalue weighted by Crippen LogP contribution is -2.30. The molecule has 23 heavy (non-hydrogen) atoms. The van der Waals surface area contributed by atoms with Crippen molar-refractivity contribution in [3.63, 3.8) is 0 Å². The van der Waals surface area contributed by atoms with Gasteiger partial charge in [0.1, 0.15) is 11.5 Å². The van der Waals surface area contributed by atoms with E-state index >= 15 is 0 Å². The van der Waals surface area contributed by atoms with Gasteiger partial charge >= 0.3 is 0 Å². The van der Waals surface area contributed by atoms with Crippen molar-refractivity contribution in [1.82, 2.24) is 15.5 Å². The molecule has 3 rings (SSSR count). The third-order valence-electron chi connectivity index (χ3n) is 4.55. The Morgan fingerprint density at radius 2 is 2.04 bits per heavy atom. The first-order valence-electron chi connectivity index (χ1n) is 8.33. The molecular weight excluding hydrogens is 290 g/mol. The first-order valence-corrected chi connectivity index (χ1v) is 8.33. The third-order valence-corrected chi connectivity index (χ3v) is 4.55. The second-order valence-corrected chi connectivity index (χ2v) is 6.32. The van der Waals surface area contributed by atoms with Crippen molar-refractivity contribution >= 4 is 5.91 Å². The Labute approximate surface area is 136 Å². The fourth-order valence-corrected chi connectivity index (χ4v) is 3.27. The molecule has 1 aliphatic carbocycles. The predicted molar refractivity (Wildman–Crippen MR) is 88.1 cm³/mol. The quantitative estimate of drug-likeness (QED) is 0.935. The zero-order chi connectivity index (χ0) is 16.2. The van der Waals surface area contributed by atoms with Crippen molar-refractivity contribution in [3.8, 4) is 11.3 Å². The molecule has 0 radical (unpaired) electrons. The maximum Gasteiger partial charge on any atom is 0.269 e. The largest absolute Gasteiger partial charge is 0.361 e. The molecule has 1 fully saturated rings. The molecular formula is C18H23N3O2. The fourth-order valence-electron chi connectivity index (χ4n) is 3.27. The van der Waals surface area contributed by atoms with Crippen LogP contribution < -0.4 is 5.32 Å². The van der Waals surface area contributed by atoms with Gasteiger partial charge < -0.3 is 9.84 Å². The monoisotopic (exact) mass is 313 g/mol. The summed E-state index contributed by atoms with van der Waals surface area (Å²) < 4.78 is 5.19. The molecule has 1 N–H and O–H groups in total. The highest BCUT2D eigenvalue weighted by Crippen LogP contribution is 2.25. The number of carbonyl (C=O) groups excluding carboxylic acids is 1. The number of nitrogens with one attached hydrogen (secondary N) is 1. The van der Waals surface area contributed by atoms with Crippen molar-refractivity contribution in [3.05, 3.63) is 35.3 Å². The maximum atomic E-state index is 12.4. The Morgan fingerprint density at radius 3 is 2.74 bits per heavy atom. The fraction of sp³-hybridized carbons (Fsp3) is 0.500. The lowest BCUT2D eigenvalue weighted by atomic mass is 9.89. The Kier molecular flexibility index (Phi) is 4.74. The van der Waals surface area contributed by atoms with E-state index in [0.717, 1.165) is 29.3 Å². The summed E-state index contributed by atoms with van der Waals surface area (Å²) in [7, 11) is 0. The molecule has 0 aromatic carbocycles. The lowest BCUT2D eigenvalue weighted by Gasteiger charge is -2.21. The highest BCUT2D eigenvalue weighted by Gasteiger charge is 2.17. The second kappa shape index (κ2) is 6.94. The van der Waals surface area contributed by atoms with Gasteiger partial charge in [0.2, 0.25) is 0 Å². The number of pyridine rings is 1. The van der Waals surface area contributed by atoms with E-state index < -0.39 is 0 Å². The van der Waals surface area contributed by atoms with Crippen molar-refractivity contribution in [2.45, 2.75) is 46.0 Å². The SMILES string of the molecule is Cc1noc(C)c1-c1cccc(C(=O)NCC2CCCCC2)n1. The lowest BCUT2D eigenvalue weighted by molar-refractivity contribution is 0.0938. The molecule has 2 aromatic heterocycles. The molecule has 1 saturated carbocycles. The number of carbonyl (C=O) groups is 1. The summed E-state index contributed by atoms with van der Waals surface area (Å²) in [5, 5.41) is 6.98. The van der Waals surface area contributed by atoms with E-state index in [1.165, 1.54) is 32.1 Å². The Bertz CT molecular complexity index is 668. The van der Waals surface area contributed by atoms with E-state index in [9.17, 15) is 4.79 Å². The molecule has 2 aromatic rings. The van der Waals surface area contributed by atoms with Gasteiger partial charge in [0.15, 0.2) is 0 Å². The average Bonchev–Trinajstić information content (AvgIpc) is 2.92. The number of rotatable bonds is 4. The Balaban J connectivity index is 1.70. The molecule has 0 bridgehead atoms. The van der Waals surface area contributed by atoms with Gasteiger partial charge in [0.05, 0.1) is 17.0 Å². The van der Waals surface area contributed by atoms with Crippen LogP contribution in [0.25, 0.3) is 11.3 Å². The van der Waals surface area contributed by atoms with E-state index in [2.05, 4.69) is 15.5 Å². The molecule has 5 nitrogen and oxygen atoms in total. The molecule has 0 atom stereocenters. The molecule has 1 aliphatic rings. The van der Waals surface area contributed by atoms with Crippen LogP contribution >= 0.6 is 0 Å². The molecule has 122 valence electrons. The summed E-state index contributed by atoms with van der Waals surface area (Å²) in [6.07, 6.45) is 6.31.